The van der Waals surface area contributed by atoms with E-state index < -0.39 is 0 Å². The van der Waals surface area contributed by atoms with E-state index in [1.54, 1.807) is 0 Å². The number of amides is 1. The van der Waals surface area contributed by atoms with Crippen LogP contribution in [-0.4, -0.2) is 35.5 Å². The van der Waals surface area contributed by atoms with E-state index in [9.17, 15) is 4.79 Å². The highest BCUT2D eigenvalue weighted by Gasteiger charge is 2.35. The Bertz CT molecular complexity index is 691. The van der Waals surface area contributed by atoms with Gasteiger partial charge in [-0.1, -0.05) is 18.2 Å². The molecule has 0 aliphatic carbocycles. The van der Waals surface area contributed by atoms with E-state index >= 15 is 0 Å². The van der Waals surface area contributed by atoms with Crippen LogP contribution in [0.3, 0.4) is 0 Å². The lowest BCUT2D eigenvalue weighted by atomic mass is 10.1. The molecule has 2 aromatic rings. The molecule has 1 unspecified atom stereocenters. The largest absolute Gasteiger partial charge is 0.345 e. The van der Waals surface area contributed by atoms with Gasteiger partial charge in [-0.3, -0.25) is 4.79 Å². The van der Waals surface area contributed by atoms with Gasteiger partial charge in [-0.25, -0.2) is 0 Å². The van der Waals surface area contributed by atoms with Crippen molar-refractivity contribution in [3.05, 3.63) is 53.9 Å². The monoisotopic (exact) mass is 281 g/mol. The van der Waals surface area contributed by atoms with E-state index in [2.05, 4.69) is 53.0 Å². The SMILES string of the molecule is CN1CCC(=O)N2c3ccccc3Cn3cccc3C2C1. The van der Waals surface area contributed by atoms with Gasteiger partial charge in [-0.15, -0.1) is 0 Å². The topological polar surface area (TPSA) is 28.5 Å². The third-order valence-electron chi connectivity index (χ3n) is 4.57. The minimum absolute atomic E-state index is 0.101. The number of carbonyl (C=O) groups is 1. The average Bonchev–Trinajstić information content (AvgIpc) is 2.82. The summed E-state index contributed by atoms with van der Waals surface area (Å²) in [4.78, 5) is 17.0. The van der Waals surface area contributed by atoms with Gasteiger partial charge >= 0.3 is 0 Å². The molecule has 108 valence electrons. The second-order valence-corrected chi connectivity index (χ2v) is 5.98. The number of aromatic nitrogens is 1. The van der Waals surface area contributed by atoms with Crippen LogP contribution in [0.15, 0.2) is 42.6 Å². The summed E-state index contributed by atoms with van der Waals surface area (Å²) in [6, 6.07) is 12.6. The molecular weight excluding hydrogens is 262 g/mol. The van der Waals surface area contributed by atoms with Crippen LogP contribution in [0.4, 0.5) is 5.69 Å². The van der Waals surface area contributed by atoms with Crippen LogP contribution in [0.25, 0.3) is 0 Å². The second-order valence-electron chi connectivity index (χ2n) is 5.98. The summed E-state index contributed by atoms with van der Waals surface area (Å²) in [5.74, 6) is 0.228. The van der Waals surface area contributed by atoms with Crippen molar-refractivity contribution < 1.29 is 4.79 Å². The van der Waals surface area contributed by atoms with Gasteiger partial charge in [0.2, 0.25) is 5.91 Å². The molecular formula is C17H19N3O. The zero-order valence-electron chi connectivity index (χ0n) is 12.2. The summed E-state index contributed by atoms with van der Waals surface area (Å²) in [7, 11) is 2.10. The quantitative estimate of drug-likeness (QED) is 0.741. The van der Waals surface area contributed by atoms with Crippen LogP contribution in [-0.2, 0) is 11.3 Å². The van der Waals surface area contributed by atoms with E-state index in [1.807, 2.05) is 11.0 Å². The van der Waals surface area contributed by atoms with Gasteiger partial charge in [0, 0.05) is 43.6 Å². The lowest BCUT2D eigenvalue weighted by molar-refractivity contribution is -0.118. The molecule has 0 saturated carbocycles. The molecule has 2 aliphatic heterocycles. The summed E-state index contributed by atoms with van der Waals surface area (Å²) < 4.78 is 2.27. The molecule has 0 N–H and O–H groups in total. The Kier molecular flexibility index (Phi) is 2.86. The molecule has 1 amide bonds. The van der Waals surface area contributed by atoms with E-state index in [-0.39, 0.29) is 11.9 Å². The Hall–Kier alpha value is -2.07. The van der Waals surface area contributed by atoms with Crippen molar-refractivity contribution in [2.24, 2.45) is 0 Å². The van der Waals surface area contributed by atoms with E-state index in [0.29, 0.717) is 6.42 Å². The van der Waals surface area contributed by atoms with E-state index in [1.165, 1.54) is 11.3 Å². The maximum absolute atomic E-state index is 12.7. The number of fused-ring (bicyclic) bond motifs is 5. The highest BCUT2D eigenvalue weighted by atomic mass is 16.2. The van der Waals surface area contributed by atoms with Crippen LogP contribution >= 0.6 is 0 Å². The van der Waals surface area contributed by atoms with Crippen molar-refractivity contribution in [3.63, 3.8) is 0 Å². The van der Waals surface area contributed by atoms with Crippen LogP contribution in [0.5, 0.6) is 0 Å². The minimum atomic E-state index is 0.101. The van der Waals surface area contributed by atoms with Gasteiger partial charge in [0.15, 0.2) is 0 Å². The van der Waals surface area contributed by atoms with Gasteiger partial charge in [0.05, 0.1) is 6.04 Å². The third kappa shape index (κ3) is 1.98. The first-order valence-electron chi connectivity index (χ1n) is 7.47. The fourth-order valence-corrected chi connectivity index (χ4v) is 3.51. The summed E-state index contributed by atoms with van der Waals surface area (Å²) in [6.45, 7) is 2.54. The number of hydrogen-bond acceptors (Lipinski definition) is 2. The summed E-state index contributed by atoms with van der Waals surface area (Å²) in [5, 5.41) is 0. The molecule has 21 heavy (non-hydrogen) atoms. The number of hydrogen-bond donors (Lipinski definition) is 0. The minimum Gasteiger partial charge on any atom is -0.345 e. The van der Waals surface area contributed by atoms with Crippen molar-refractivity contribution in [3.8, 4) is 0 Å². The molecule has 4 heteroatoms. The number of rotatable bonds is 0. The molecule has 0 radical (unpaired) electrons. The van der Waals surface area contributed by atoms with Crippen molar-refractivity contribution in [1.29, 1.82) is 0 Å². The molecule has 1 aromatic heterocycles. The first-order chi connectivity index (χ1) is 10.2. The Labute approximate surface area is 124 Å². The van der Waals surface area contributed by atoms with Crippen LogP contribution in [0.1, 0.15) is 23.7 Å². The Morgan fingerprint density at radius 2 is 2.00 bits per heavy atom. The van der Waals surface area contributed by atoms with Gasteiger partial charge in [0.25, 0.3) is 0 Å². The molecule has 1 atom stereocenters. The fourth-order valence-electron chi connectivity index (χ4n) is 3.51. The first-order valence-corrected chi connectivity index (χ1v) is 7.47. The smallest absolute Gasteiger partial charge is 0.228 e. The highest BCUT2D eigenvalue weighted by molar-refractivity contribution is 5.95. The Balaban J connectivity index is 1.94. The number of para-hydroxylation sites is 1. The van der Waals surface area contributed by atoms with Crippen molar-refractivity contribution in [2.45, 2.75) is 19.0 Å². The predicted octanol–water partition coefficient (Wildman–Crippen LogP) is 2.26. The Morgan fingerprint density at radius 1 is 1.14 bits per heavy atom. The van der Waals surface area contributed by atoms with Crippen LogP contribution in [0.2, 0.25) is 0 Å². The van der Waals surface area contributed by atoms with Crippen molar-refractivity contribution in [1.82, 2.24) is 9.47 Å². The zero-order valence-corrected chi connectivity index (χ0v) is 12.2. The molecule has 4 nitrogen and oxygen atoms in total. The second kappa shape index (κ2) is 4.74. The number of anilines is 1. The van der Waals surface area contributed by atoms with Crippen molar-refractivity contribution >= 4 is 11.6 Å². The fraction of sp³-hybridized carbons (Fsp3) is 0.353. The molecule has 1 saturated heterocycles. The predicted molar refractivity (Wildman–Crippen MR) is 82.3 cm³/mol. The average molecular weight is 281 g/mol. The lowest BCUT2D eigenvalue weighted by Gasteiger charge is -2.30. The molecule has 1 aromatic carbocycles. The normalized spacial score (nSPS) is 22.0. The number of carbonyl (C=O) groups excluding carboxylic acids is 1. The summed E-state index contributed by atoms with van der Waals surface area (Å²) >= 11 is 0. The maximum Gasteiger partial charge on any atom is 0.228 e. The Morgan fingerprint density at radius 3 is 2.90 bits per heavy atom. The van der Waals surface area contributed by atoms with Gasteiger partial charge < -0.3 is 14.4 Å². The molecule has 0 spiro atoms. The molecule has 2 aliphatic rings. The van der Waals surface area contributed by atoms with E-state index in [4.69, 9.17) is 0 Å². The number of likely N-dealkylation sites (N-methyl/N-ethyl adjacent to an activating group) is 1. The lowest BCUT2D eigenvalue weighted by Crippen LogP contribution is -2.36. The number of nitrogens with zero attached hydrogens (tertiary/aromatic N) is 3. The first kappa shape index (κ1) is 12.7. The zero-order chi connectivity index (χ0) is 14.4. The number of benzene rings is 1. The van der Waals surface area contributed by atoms with Crippen LogP contribution in [0, 0.1) is 0 Å². The van der Waals surface area contributed by atoms with Crippen LogP contribution < -0.4 is 4.90 Å². The van der Waals surface area contributed by atoms with Gasteiger partial charge in [-0.2, -0.15) is 0 Å². The van der Waals surface area contributed by atoms with E-state index in [0.717, 1.165) is 25.3 Å². The third-order valence-corrected chi connectivity index (χ3v) is 4.57. The molecule has 4 rings (SSSR count). The van der Waals surface area contributed by atoms with Gasteiger partial charge in [-0.05, 0) is 30.8 Å². The highest BCUT2D eigenvalue weighted by Crippen LogP contribution is 2.36. The summed E-state index contributed by atoms with van der Waals surface area (Å²) in [6.07, 6.45) is 2.70. The molecule has 1 fully saturated rings. The van der Waals surface area contributed by atoms with Gasteiger partial charge in [0.1, 0.15) is 0 Å². The summed E-state index contributed by atoms with van der Waals surface area (Å²) in [5.41, 5.74) is 3.52. The van der Waals surface area contributed by atoms with Crippen molar-refractivity contribution in [2.75, 3.05) is 25.0 Å². The maximum atomic E-state index is 12.7. The molecule has 0 bridgehead atoms. The standard InChI is InChI=1S/C17H19N3O/c1-18-10-8-17(21)20-14-6-3-2-5-13(14)11-19-9-4-7-15(19)16(20)12-18/h2-7,9,16H,8,10-12H2,1H3. The molecule has 3 heterocycles.